The Hall–Kier alpha value is -0.900. The highest BCUT2D eigenvalue weighted by Crippen LogP contribution is 2.20. The lowest BCUT2D eigenvalue weighted by Gasteiger charge is -2.28. The second kappa shape index (κ2) is 5.17. The van der Waals surface area contributed by atoms with E-state index in [1.54, 1.807) is 6.07 Å². The van der Waals surface area contributed by atoms with E-state index in [1.165, 1.54) is 12.1 Å². The van der Waals surface area contributed by atoms with Crippen molar-refractivity contribution in [1.82, 2.24) is 5.32 Å². The van der Waals surface area contributed by atoms with Gasteiger partial charge < -0.3 is 5.32 Å². The molecule has 1 amide bonds. The number of carbonyl (C=O) groups excluding carboxylic acids is 1. The fourth-order valence-corrected chi connectivity index (χ4v) is 1.52. The molecule has 0 saturated carbocycles. The number of hydrogen-bond acceptors (Lipinski definition) is 1. The summed E-state index contributed by atoms with van der Waals surface area (Å²) in [6.07, 6.45) is 0. The minimum Gasteiger partial charge on any atom is -0.349 e. The van der Waals surface area contributed by atoms with E-state index < -0.39 is 5.82 Å². The Kier molecular flexibility index (Phi) is 4.31. The minimum atomic E-state index is -0.508. The standard InChI is InChI=1S/C13H17BrFNO/c1-8(13(2,3)4)16-12(17)10-7-9(14)5-6-11(10)15/h5-8H,1-4H3,(H,16,17). The topological polar surface area (TPSA) is 29.1 Å². The molecule has 1 unspecified atom stereocenters. The van der Waals surface area contributed by atoms with Crippen LogP contribution in [-0.4, -0.2) is 11.9 Å². The Balaban J connectivity index is 2.87. The average molecular weight is 302 g/mol. The maximum atomic E-state index is 13.5. The molecule has 0 saturated heterocycles. The summed E-state index contributed by atoms with van der Waals surface area (Å²) in [7, 11) is 0. The van der Waals surface area contributed by atoms with E-state index >= 15 is 0 Å². The van der Waals surface area contributed by atoms with Gasteiger partial charge >= 0.3 is 0 Å². The van der Waals surface area contributed by atoms with Crippen LogP contribution >= 0.6 is 15.9 Å². The first-order valence-corrected chi connectivity index (χ1v) is 6.27. The van der Waals surface area contributed by atoms with Crippen molar-refractivity contribution in [3.8, 4) is 0 Å². The molecule has 0 aliphatic heterocycles. The van der Waals surface area contributed by atoms with E-state index in [9.17, 15) is 9.18 Å². The maximum Gasteiger partial charge on any atom is 0.254 e. The summed E-state index contributed by atoms with van der Waals surface area (Å²) in [6.45, 7) is 7.98. The minimum absolute atomic E-state index is 0.0339. The van der Waals surface area contributed by atoms with Crippen LogP contribution in [0, 0.1) is 11.2 Å². The van der Waals surface area contributed by atoms with E-state index in [-0.39, 0.29) is 22.9 Å². The lowest BCUT2D eigenvalue weighted by Crippen LogP contribution is -2.41. The summed E-state index contributed by atoms with van der Waals surface area (Å²) in [5.74, 6) is -0.891. The van der Waals surface area contributed by atoms with E-state index in [2.05, 4.69) is 21.2 Å². The molecule has 0 aliphatic carbocycles. The lowest BCUT2D eigenvalue weighted by molar-refractivity contribution is 0.0906. The van der Waals surface area contributed by atoms with Crippen molar-refractivity contribution in [2.24, 2.45) is 5.41 Å². The highest BCUT2D eigenvalue weighted by molar-refractivity contribution is 9.10. The summed E-state index contributed by atoms with van der Waals surface area (Å²) >= 11 is 3.22. The van der Waals surface area contributed by atoms with E-state index in [0.29, 0.717) is 4.47 Å². The van der Waals surface area contributed by atoms with Crippen LogP contribution in [0.4, 0.5) is 4.39 Å². The Labute approximate surface area is 110 Å². The van der Waals surface area contributed by atoms with Gasteiger partial charge in [-0.3, -0.25) is 4.79 Å². The molecule has 0 bridgehead atoms. The molecule has 1 rings (SSSR count). The van der Waals surface area contributed by atoms with Crippen LogP contribution in [0.3, 0.4) is 0 Å². The normalized spacial score (nSPS) is 13.3. The number of nitrogens with one attached hydrogen (secondary N) is 1. The van der Waals surface area contributed by atoms with Gasteiger partial charge in [0.15, 0.2) is 0 Å². The van der Waals surface area contributed by atoms with Gasteiger partial charge in [-0.1, -0.05) is 36.7 Å². The van der Waals surface area contributed by atoms with Crippen molar-refractivity contribution in [1.29, 1.82) is 0 Å². The molecule has 0 fully saturated rings. The molecule has 0 radical (unpaired) electrons. The van der Waals surface area contributed by atoms with Crippen molar-refractivity contribution in [3.05, 3.63) is 34.1 Å². The lowest BCUT2D eigenvalue weighted by atomic mass is 9.88. The van der Waals surface area contributed by atoms with Crippen molar-refractivity contribution in [3.63, 3.8) is 0 Å². The zero-order chi connectivity index (χ0) is 13.2. The molecule has 4 heteroatoms. The summed E-state index contributed by atoms with van der Waals surface area (Å²) in [5.41, 5.74) is 0.00786. The second-order valence-electron chi connectivity index (χ2n) is 5.19. The van der Waals surface area contributed by atoms with Gasteiger partial charge in [0.1, 0.15) is 5.82 Å². The molecule has 0 aromatic heterocycles. The molecule has 0 aliphatic rings. The Morgan fingerprint density at radius 2 is 2.00 bits per heavy atom. The maximum absolute atomic E-state index is 13.5. The van der Waals surface area contributed by atoms with Gasteiger partial charge in [-0.05, 0) is 30.5 Å². The Bertz CT molecular complexity index is 426. The predicted molar refractivity (Wildman–Crippen MR) is 70.5 cm³/mol. The van der Waals surface area contributed by atoms with Gasteiger partial charge in [-0.15, -0.1) is 0 Å². The third-order valence-electron chi connectivity index (χ3n) is 2.82. The van der Waals surface area contributed by atoms with Crippen LogP contribution in [0.1, 0.15) is 38.1 Å². The molecular weight excluding hydrogens is 285 g/mol. The number of carbonyl (C=O) groups is 1. The van der Waals surface area contributed by atoms with E-state index in [0.717, 1.165) is 0 Å². The third-order valence-corrected chi connectivity index (χ3v) is 3.31. The Morgan fingerprint density at radius 1 is 1.41 bits per heavy atom. The van der Waals surface area contributed by atoms with Gasteiger partial charge in [-0.25, -0.2) is 4.39 Å². The summed E-state index contributed by atoms with van der Waals surface area (Å²) in [6, 6.07) is 4.30. The number of amides is 1. The average Bonchev–Trinajstić information content (AvgIpc) is 2.20. The van der Waals surface area contributed by atoms with Crippen LogP contribution in [0.25, 0.3) is 0 Å². The molecule has 0 heterocycles. The number of halogens is 2. The number of hydrogen-bond donors (Lipinski definition) is 1. The second-order valence-corrected chi connectivity index (χ2v) is 6.10. The van der Waals surface area contributed by atoms with Gasteiger partial charge in [0.25, 0.3) is 5.91 Å². The van der Waals surface area contributed by atoms with Gasteiger partial charge in [-0.2, -0.15) is 0 Å². The zero-order valence-corrected chi connectivity index (χ0v) is 12.1. The van der Waals surface area contributed by atoms with E-state index in [1.807, 2.05) is 27.7 Å². The van der Waals surface area contributed by atoms with Crippen LogP contribution in [0.5, 0.6) is 0 Å². The van der Waals surface area contributed by atoms with Crippen molar-refractivity contribution >= 4 is 21.8 Å². The fourth-order valence-electron chi connectivity index (χ4n) is 1.16. The first-order valence-electron chi connectivity index (χ1n) is 5.47. The van der Waals surface area contributed by atoms with Crippen LogP contribution in [0.15, 0.2) is 22.7 Å². The molecular formula is C13H17BrFNO. The van der Waals surface area contributed by atoms with Crippen molar-refractivity contribution in [2.45, 2.75) is 33.7 Å². The number of rotatable bonds is 2. The summed E-state index contributed by atoms with van der Waals surface area (Å²) in [5, 5.41) is 2.80. The van der Waals surface area contributed by atoms with Gasteiger partial charge in [0, 0.05) is 10.5 Å². The molecule has 94 valence electrons. The molecule has 1 N–H and O–H groups in total. The summed E-state index contributed by atoms with van der Waals surface area (Å²) < 4.78 is 14.2. The van der Waals surface area contributed by atoms with Crippen LogP contribution < -0.4 is 5.32 Å². The first-order chi connectivity index (χ1) is 7.71. The highest BCUT2D eigenvalue weighted by Gasteiger charge is 2.23. The number of benzene rings is 1. The zero-order valence-electron chi connectivity index (χ0n) is 10.5. The highest BCUT2D eigenvalue weighted by atomic mass is 79.9. The smallest absolute Gasteiger partial charge is 0.254 e. The van der Waals surface area contributed by atoms with Crippen molar-refractivity contribution < 1.29 is 9.18 Å². The van der Waals surface area contributed by atoms with E-state index in [4.69, 9.17) is 0 Å². The summed E-state index contributed by atoms with van der Waals surface area (Å²) in [4.78, 5) is 11.9. The van der Waals surface area contributed by atoms with Crippen LogP contribution in [-0.2, 0) is 0 Å². The van der Waals surface area contributed by atoms with Gasteiger partial charge in [0.05, 0.1) is 5.56 Å². The van der Waals surface area contributed by atoms with Gasteiger partial charge in [0.2, 0.25) is 0 Å². The quantitative estimate of drug-likeness (QED) is 0.885. The van der Waals surface area contributed by atoms with Crippen molar-refractivity contribution in [2.75, 3.05) is 0 Å². The Morgan fingerprint density at radius 3 is 2.53 bits per heavy atom. The molecule has 17 heavy (non-hydrogen) atoms. The predicted octanol–water partition coefficient (Wildman–Crippen LogP) is 3.75. The molecule has 1 aromatic carbocycles. The first kappa shape index (κ1) is 14.2. The fraction of sp³-hybridized carbons (Fsp3) is 0.462. The third kappa shape index (κ3) is 3.80. The largest absolute Gasteiger partial charge is 0.349 e. The molecule has 1 aromatic rings. The molecule has 0 spiro atoms. The van der Waals surface area contributed by atoms with Crippen LogP contribution in [0.2, 0.25) is 0 Å². The monoisotopic (exact) mass is 301 g/mol. The molecule has 2 nitrogen and oxygen atoms in total. The SMILES string of the molecule is CC(NC(=O)c1cc(Br)ccc1F)C(C)(C)C. The molecule has 1 atom stereocenters.